The van der Waals surface area contributed by atoms with Crippen LogP contribution in [0.2, 0.25) is 0 Å². The molecule has 0 aliphatic heterocycles. The van der Waals surface area contributed by atoms with Gasteiger partial charge in [-0.2, -0.15) is 0 Å². The number of aromatic nitrogens is 3. The van der Waals surface area contributed by atoms with Gasteiger partial charge in [0.1, 0.15) is 11.4 Å². The number of carbonyl (C=O) groups is 1. The van der Waals surface area contributed by atoms with Crippen LogP contribution in [-0.2, 0) is 6.42 Å². The molecule has 0 fully saturated rings. The van der Waals surface area contributed by atoms with Crippen LogP contribution in [0.5, 0.6) is 5.75 Å². The fourth-order valence-electron chi connectivity index (χ4n) is 2.81. The monoisotopic (exact) mass is 391 g/mol. The van der Waals surface area contributed by atoms with Gasteiger partial charge >= 0.3 is 0 Å². The molecule has 0 atom stereocenters. The maximum atomic E-state index is 12.8. The molecule has 0 aliphatic carbocycles. The molecule has 150 valence electrons. The summed E-state index contributed by atoms with van der Waals surface area (Å²) in [5.74, 6) is 1.05. The lowest BCUT2D eigenvalue weighted by Crippen LogP contribution is -2.30. The maximum absolute atomic E-state index is 12.8. The van der Waals surface area contributed by atoms with E-state index in [9.17, 15) is 4.79 Å². The molecule has 0 aliphatic rings. The molecule has 7 heteroatoms. The Balaban J connectivity index is 1.67. The molecule has 1 aromatic carbocycles. The number of carbonyl (C=O) groups excluding carboxylic acids is 1. The molecular weight excluding hydrogens is 366 g/mol. The van der Waals surface area contributed by atoms with Gasteiger partial charge in [-0.25, -0.2) is 9.97 Å². The molecule has 2 aromatic heterocycles. The van der Waals surface area contributed by atoms with Crippen molar-refractivity contribution in [3.8, 4) is 5.75 Å². The predicted molar refractivity (Wildman–Crippen MR) is 113 cm³/mol. The number of nitrogens with one attached hydrogen (secondary N) is 1. The lowest BCUT2D eigenvalue weighted by molar-refractivity contribution is 0.0790. The number of likely N-dealkylation sites (N-methyl/N-ethyl adjacent to an activating group) is 1. The van der Waals surface area contributed by atoms with E-state index < -0.39 is 0 Å². The summed E-state index contributed by atoms with van der Waals surface area (Å²) in [5.41, 5.74) is 3.04. The minimum Gasteiger partial charge on any atom is -0.494 e. The van der Waals surface area contributed by atoms with E-state index in [4.69, 9.17) is 4.74 Å². The Kier molecular flexibility index (Phi) is 6.73. The number of amides is 1. The zero-order valence-corrected chi connectivity index (χ0v) is 16.9. The van der Waals surface area contributed by atoms with Gasteiger partial charge < -0.3 is 15.0 Å². The summed E-state index contributed by atoms with van der Waals surface area (Å²) in [4.78, 5) is 27.3. The molecule has 7 nitrogen and oxygen atoms in total. The molecule has 0 spiro atoms. The summed E-state index contributed by atoms with van der Waals surface area (Å²) < 4.78 is 5.45. The molecule has 2 heterocycles. The number of hydrogen-bond acceptors (Lipinski definition) is 6. The average Bonchev–Trinajstić information content (AvgIpc) is 2.73. The first-order valence-corrected chi connectivity index (χ1v) is 9.55. The maximum Gasteiger partial charge on any atom is 0.272 e. The highest BCUT2D eigenvalue weighted by Gasteiger charge is 2.15. The van der Waals surface area contributed by atoms with Crippen molar-refractivity contribution in [2.24, 2.45) is 0 Å². The first kappa shape index (κ1) is 20.3. The average molecular weight is 391 g/mol. The quantitative estimate of drug-likeness (QED) is 0.631. The normalized spacial score (nSPS) is 10.4. The van der Waals surface area contributed by atoms with E-state index in [1.807, 2.05) is 50.2 Å². The Morgan fingerprint density at radius 1 is 1.10 bits per heavy atom. The van der Waals surface area contributed by atoms with Crippen LogP contribution in [0.25, 0.3) is 0 Å². The van der Waals surface area contributed by atoms with Gasteiger partial charge in [0, 0.05) is 37.4 Å². The summed E-state index contributed by atoms with van der Waals surface area (Å²) >= 11 is 0. The summed E-state index contributed by atoms with van der Waals surface area (Å²) in [6.45, 7) is 5.00. The first-order valence-electron chi connectivity index (χ1n) is 9.55. The van der Waals surface area contributed by atoms with Gasteiger partial charge in [0.05, 0.1) is 6.61 Å². The highest BCUT2D eigenvalue weighted by atomic mass is 16.5. The van der Waals surface area contributed by atoms with Crippen molar-refractivity contribution in [3.63, 3.8) is 0 Å². The van der Waals surface area contributed by atoms with Crippen molar-refractivity contribution in [2.45, 2.75) is 20.3 Å². The van der Waals surface area contributed by atoms with Crippen molar-refractivity contribution >= 4 is 17.5 Å². The number of pyridine rings is 1. The lowest BCUT2D eigenvalue weighted by atomic mass is 10.2. The molecule has 0 saturated carbocycles. The van der Waals surface area contributed by atoms with E-state index in [1.54, 1.807) is 30.4 Å². The zero-order chi connectivity index (χ0) is 20.6. The Labute approximate surface area is 170 Å². The van der Waals surface area contributed by atoms with Gasteiger partial charge in [-0.15, -0.1) is 0 Å². The molecule has 1 amide bonds. The largest absolute Gasteiger partial charge is 0.494 e. The summed E-state index contributed by atoms with van der Waals surface area (Å²) in [7, 11) is 1.78. The van der Waals surface area contributed by atoms with Crippen LogP contribution >= 0.6 is 0 Å². The van der Waals surface area contributed by atoms with Crippen LogP contribution in [0.3, 0.4) is 0 Å². The summed E-state index contributed by atoms with van der Waals surface area (Å²) in [5, 5.41) is 3.15. The second kappa shape index (κ2) is 9.64. The molecular formula is C22H25N5O2. The predicted octanol–water partition coefficient (Wildman–Crippen LogP) is 3.64. The van der Waals surface area contributed by atoms with Crippen LogP contribution in [0, 0.1) is 6.92 Å². The van der Waals surface area contributed by atoms with Gasteiger partial charge in [-0.1, -0.05) is 0 Å². The Morgan fingerprint density at radius 3 is 2.52 bits per heavy atom. The molecule has 3 rings (SSSR count). The van der Waals surface area contributed by atoms with Crippen molar-refractivity contribution in [3.05, 3.63) is 71.8 Å². The Bertz CT molecular complexity index is 945. The highest BCUT2D eigenvalue weighted by Crippen LogP contribution is 2.19. The van der Waals surface area contributed by atoms with E-state index in [0.717, 1.165) is 29.1 Å². The third-order valence-corrected chi connectivity index (χ3v) is 4.33. The van der Waals surface area contributed by atoms with Gasteiger partial charge in [0.25, 0.3) is 5.91 Å². The van der Waals surface area contributed by atoms with Crippen LogP contribution in [-0.4, -0.2) is 46.0 Å². The van der Waals surface area contributed by atoms with Crippen LogP contribution in [0.15, 0.2) is 54.9 Å². The minimum atomic E-state index is -0.140. The molecule has 0 saturated heterocycles. The number of nitrogens with zero attached hydrogens (tertiary/aromatic N) is 4. The van der Waals surface area contributed by atoms with Crippen molar-refractivity contribution in [1.29, 1.82) is 0 Å². The molecule has 0 unspecified atom stereocenters. The second-order valence-electron chi connectivity index (χ2n) is 6.63. The fraction of sp³-hybridized carbons (Fsp3) is 0.273. The van der Waals surface area contributed by atoms with Crippen LogP contribution < -0.4 is 10.1 Å². The second-order valence-corrected chi connectivity index (χ2v) is 6.63. The summed E-state index contributed by atoms with van der Waals surface area (Å²) in [6, 6.07) is 13.1. The SMILES string of the molecule is CCOc1ccc(Nc2nc(C)cc(C(=O)N(C)CCc3ccncc3)n2)cc1. The van der Waals surface area contributed by atoms with Crippen LogP contribution in [0.1, 0.15) is 28.7 Å². The number of hydrogen-bond donors (Lipinski definition) is 1. The summed E-state index contributed by atoms with van der Waals surface area (Å²) in [6.07, 6.45) is 4.26. The molecule has 0 radical (unpaired) electrons. The number of ether oxygens (including phenoxy) is 1. The standard InChI is InChI=1S/C22H25N5O2/c1-4-29-19-7-5-18(6-8-19)25-22-24-16(2)15-20(26-22)21(28)27(3)14-11-17-9-12-23-13-10-17/h5-10,12-13,15H,4,11,14H2,1-3H3,(H,24,25,26). The molecule has 29 heavy (non-hydrogen) atoms. The number of anilines is 2. The third-order valence-electron chi connectivity index (χ3n) is 4.33. The van der Waals surface area contributed by atoms with E-state index in [2.05, 4.69) is 20.3 Å². The Hall–Kier alpha value is -3.48. The number of benzene rings is 1. The van der Waals surface area contributed by atoms with Gasteiger partial charge in [-0.3, -0.25) is 9.78 Å². The van der Waals surface area contributed by atoms with E-state index >= 15 is 0 Å². The number of aryl methyl sites for hydroxylation is 1. The topological polar surface area (TPSA) is 80.2 Å². The minimum absolute atomic E-state index is 0.140. The van der Waals surface area contributed by atoms with Gasteiger partial charge in [-0.05, 0) is 68.3 Å². The number of rotatable bonds is 8. The van der Waals surface area contributed by atoms with Crippen molar-refractivity contribution in [2.75, 3.05) is 25.5 Å². The highest BCUT2D eigenvalue weighted by molar-refractivity contribution is 5.92. The molecule has 3 aromatic rings. The molecule has 0 bridgehead atoms. The first-order chi connectivity index (χ1) is 14.0. The Morgan fingerprint density at radius 2 is 1.83 bits per heavy atom. The van der Waals surface area contributed by atoms with E-state index in [0.29, 0.717) is 24.8 Å². The van der Waals surface area contributed by atoms with Crippen LogP contribution in [0.4, 0.5) is 11.6 Å². The van der Waals surface area contributed by atoms with E-state index in [1.165, 1.54) is 0 Å². The fourth-order valence-corrected chi connectivity index (χ4v) is 2.81. The van der Waals surface area contributed by atoms with Crippen molar-refractivity contribution < 1.29 is 9.53 Å². The smallest absolute Gasteiger partial charge is 0.272 e. The lowest BCUT2D eigenvalue weighted by Gasteiger charge is -2.17. The van der Waals surface area contributed by atoms with E-state index in [-0.39, 0.29) is 5.91 Å². The van der Waals surface area contributed by atoms with Gasteiger partial charge in [0.2, 0.25) is 5.95 Å². The van der Waals surface area contributed by atoms with Gasteiger partial charge in [0.15, 0.2) is 0 Å². The zero-order valence-electron chi connectivity index (χ0n) is 16.9. The van der Waals surface area contributed by atoms with Crippen molar-refractivity contribution in [1.82, 2.24) is 19.9 Å². The molecule has 1 N–H and O–H groups in total. The third kappa shape index (κ3) is 5.75.